The van der Waals surface area contributed by atoms with Crippen LogP contribution in [0.25, 0.3) is 0 Å². The van der Waals surface area contributed by atoms with E-state index in [1.807, 2.05) is 0 Å². The van der Waals surface area contributed by atoms with Crippen LogP contribution in [-0.4, -0.2) is 44.3 Å². The molecule has 1 saturated carbocycles. The molecule has 1 amide bonds. The summed E-state index contributed by atoms with van der Waals surface area (Å²) in [5.41, 5.74) is -0.205. The molecule has 0 atom stereocenters. The highest BCUT2D eigenvalue weighted by Gasteiger charge is 2.41. The zero-order valence-electron chi connectivity index (χ0n) is 12.0. The van der Waals surface area contributed by atoms with Crippen molar-refractivity contribution in [2.75, 3.05) is 7.05 Å². The lowest BCUT2D eigenvalue weighted by molar-refractivity contribution is -0.140. The van der Waals surface area contributed by atoms with Gasteiger partial charge in [-0.15, -0.1) is 0 Å². The van der Waals surface area contributed by atoms with Crippen LogP contribution >= 0.6 is 0 Å². The molecule has 20 heavy (non-hydrogen) atoms. The highest BCUT2D eigenvalue weighted by Crippen LogP contribution is 2.36. The zero-order chi connectivity index (χ0) is 14.8. The second-order valence-electron chi connectivity index (χ2n) is 5.59. The monoisotopic (exact) mass is 279 g/mol. The van der Waals surface area contributed by atoms with Crippen LogP contribution in [0.5, 0.6) is 0 Å². The smallest absolute Gasteiger partial charge is 0.305 e. The molecule has 1 aromatic heterocycles. The Morgan fingerprint density at radius 2 is 2.05 bits per heavy atom. The third-order valence-electron chi connectivity index (χ3n) is 4.21. The van der Waals surface area contributed by atoms with E-state index >= 15 is 0 Å². The summed E-state index contributed by atoms with van der Waals surface area (Å²) in [5, 5.41) is 13.3. The number of carboxylic acids is 1. The summed E-state index contributed by atoms with van der Waals surface area (Å²) in [6.45, 7) is 0. The van der Waals surface area contributed by atoms with Gasteiger partial charge < -0.3 is 10.0 Å². The van der Waals surface area contributed by atoms with Crippen molar-refractivity contribution in [1.29, 1.82) is 0 Å². The lowest BCUT2D eigenvalue weighted by Crippen LogP contribution is -2.52. The molecule has 0 unspecified atom stereocenters. The van der Waals surface area contributed by atoms with E-state index in [0.717, 1.165) is 32.1 Å². The first-order valence-electron chi connectivity index (χ1n) is 6.94. The summed E-state index contributed by atoms with van der Waals surface area (Å²) in [7, 11) is 3.45. The molecule has 0 aromatic carbocycles. The van der Waals surface area contributed by atoms with E-state index in [1.54, 1.807) is 35.9 Å². The number of aromatic nitrogens is 2. The topological polar surface area (TPSA) is 75.4 Å². The Bertz CT molecular complexity index is 504. The van der Waals surface area contributed by atoms with E-state index in [0.29, 0.717) is 5.69 Å². The van der Waals surface area contributed by atoms with Gasteiger partial charge in [0.15, 0.2) is 0 Å². The normalized spacial score (nSPS) is 17.7. The average Bonchev–Trinajstić information content (AvgIpc) is 2.84. The largest absolute Gasteiger partial charge is 0.481 e. The molecule has 0 spiro atoms. The van der Waals surface area contributed by atoms with Gasteiger partial charge >= 0.3 is 5.97 Å². The summed E-state index contributed by atoms with van der Waals surface area (Å²) >= 11 is 0. The number of aryl methyl sites for hydroxylation is 1. The molecule has 6 nitrogen and oxygen atoms in total. The minimum Gasteiger partial charge on any atom is -0.481 e. The van der Waals surface area contributed by atoms with Crippen LogP contribution in [0.3, 0.4) is 0 Å². The van der Waals surface area contributed by atoms with E-state index in [9.17, 15) is 14.7 Å². The number of rotatable bonds is 4. The Kier molecular flexibility index (Phi) is 4.11. The van der Waals surface area contributed by atoms with Crippen LogP contribution in [0.4, 0.5) is 0 Å². The molecule has 1 aliphatic rings. The van der Waals surface area contributed by atoms with Crippen LogP contribution in [0.1, 0.15) is 49.0 Å². The fraction of sp³-hybridized carbons (Fsp3) is 0.643. The van der Waals surface area contributed by atoms with Crippen molar-refractivity contribution in [3.05, 3.63) is 18.0 Å². The van der Waals surface area contributed by atoms with Crippen molar-refractivity contribution in [2.45, 2.75) is 44.1 Å². The maximum Gasteiger partial charge on any atom is 0.305 e. The minimum atomic E-state index is -0.854. The molecule has 1 N–H and O–H groups in total. The van der Waals surface area contributed by atoms with Gasteiger partial charge in [-0.05, 0) is 18.9 Å². The fourth-order valence-electron chi connectivity index (χ4n) is 3.04. The number of amides is 1. The third-order valence-corrected chi connectivity index (χ3v) is 4.21. The molecule has 1 aromatic rings. The van der Waals surface area contributed by atoms with E-state index in [2.05, 4.69) is 5.10 Å². The number of hydrogen-bond donors (Lipinski definition) is 1. The van der Waals surface area contributed by atoms with Gasteiger partial charge in [0.05, 0.1) is 12.0 Å². The van der Waals surface area contributed by atoms with E-state index in [1.165, 1.54) is 0 Å². The molecule has 110 valence electrons. The molecule has 2 rings (SSSR count). The maximum absolute atomic E-state index is 12.5. The molecule has 0 radical (unpaired) electrons. The third kappa shape index (κ3) is 2.84. The molecule has 6 heteroatoms. The van der Waals surface area contributed by atoms with Gasteiger partial charge in [-0.1, -0.05) is 19.3 Å². The first-order valence-corrected chi connectivity index (χ1v) is 6.94. The predicted octanol–water partition coefficient (Wildman–Crippen LogP) is 1.67. The Balaban J connectivity index is 2.23. The van der Waals surface area contributed by atoms with Crippen LogP contribution in [0, 0.1) is 0 Å². The molecule has 0 aliphatic heterocycles. The number of carboxylic acid groups (broad SMARTS) is 1. The van der Waals surface area contributed by atoms with E-state index in [4.69, 9.17) is 0 Å². The van der Waals surface area contributed by atoms with E-state index in [-0.39, 0.29) is 12.3 Å². The summed E-state index contributed by atoms with van der Waals surface area (Å²) in [6, 6.07) is 1.66. The van der Waals surface area contributed by atoms with Crippen molar-refractivity contribution >= 4 is 11.9 Å². The maximum atomic E-state index is 12.5. The van der Waals surface area contributed by atoms with Crippen molar-refractivity contribution in [3.63, 3.8) is 0 Å². The summed E-state index contributed by atoms with van der Waals surface area (Å²) in [4.78, 5) is 25.3. The molecule has 0 saturated heterocycles. The lowest BCUT2D eigenvalue weighted by atomic mass is 9.78. The van der Waals surface area contributed by atoms with Crippen LogP contribution in [-0.2, 0) is 11.8 Å². The van der Waals surface area contributed by atoms with Crippen molar-refractivity contribution < 1.29 is 14.7 Å². The van der Waals surface area contributed by atoms with E-state index < -0.39 is 11.5 Å². The first kappa shape index (κ1) is 14.6. The molecule has 1 aliphatic carbocycles. The van der Waals surface area contributed by atoms with Crippen molar-refractivity contribution in [2.24, 2.45) is 7.05 Å². The van der Waals surface area contributed by atoms with Crippen LogP contribution in [0.15, 0.2) is 12.3 Å². The molecule has 0 bridgehead atoms. The van der Waals surface area contributed by atoms with Crippen molar-refractivity contribution in [1.82, 2.24) is 14.7 Å². The number of nitrogens with zero attached hydrogens (tertiary/aromatic N) is 3. The Morgan fingerprint density at radius 3 is 2.55 bits per heavy atom. The summed E-state index contributed by atoms with van der Waals surface area (Å²) < 4.78 is 1.58. The second kappa shape index (κ2) is 5.64. The van der Waals surface area contributed by atoms with Gasteiger partial charge in [0, 0.05) is 20.3 Å². The van der Waals surface area contributed by atoms with Crippen LogP contribution < -0.4 is 0 Å². The van der Waals surface area contributed by atoms with Crippen molar-refractivity contribution in [3.8, 4) is 0 Å². The highest BCUT2D eigenvalue weighted by molar-refractivity contribution is 5.93. The quantitative estimate of drug-likeness (QED) is 0.909. The average molecular weight is 279 g/mol. The van der Waals surface area contributed by atoms with Crippen LogP contribution in [0.2, 0.25) is 0 Å². The highest BCUT2D eigenvalue weighted by atomic mass is 16.4. The molecular weight excluding hydrogens is 258 g/mol. The van der Waals surface area contributed by atoms with Gasteiger partial charge in [-0.25, -0.2) is 0 Å². The second-order valence-corrected chi connectivity index (χ2v) is 5.59. The predicted molar refractivity (Wildman–Crippen MR) is 73.4 cm³/mol. The van der Waals surface area contributed by atoms with Gasteiger partial charge in [0.1, 0.15) is 5.69 Å². The zero-order valence-corrected chi connectivity index (χ0v) is 12.0. The Labute approximate surface area is 118 Å². The van der Waals surface area contributed by atoms with Gasteiger partial charge in [0.25, 0.3) is 5.91 Å². The summed E-state index contributed by atoms with van der Waals surface area (Å²) in [5.74, 6) is -1.05. The fourth-order valence-corrected chi connectivity index (χ4v) is 3.04. The van der Waals surface area contributed by atoms with Gasteiger partial charge in [-0.3, -0.25) is 14.3 Å². The molecule has 1 fully saturated rings. The number of aliphatic carboxylic acids is 1. The van der Waals surface area contributed by atoms with Gasteiger partial charge in [-0.2, -0.15) is 5.10 Å². The minimum absolute atomic E-state index is 0.00206. The Morgan fingerprint density at radius 1 is 1.40 bits per heavy atom. The standard InChI is InChI=1S/C14H21N3O3/c1-16-9-6-11(15-16)13(20)17(2)14(10-12(18)19)7-4-3-5-8-14/h6,9H,3-5,7-8,10H2,1-2H3,(H,18,19). The summed E-state index contributed by atoms with van der Waals surface area (Å²) in [6.07, 6.45) is 6.24. The lowest BCUT2D eigenvalue weighted by Gasteiger charge is -2.43. The number of hydrogen-bond acceptors (Lipinski definition) is 3. The molecule has 1 heterocycles. The van der Waals surface area contributed by atoms with Gasteiger partial charge in [0.2, 0.25) is 0 Å². The number of carbonyl (C=O) groups excluding carboxylic acids is 1. The molecular formula is C14H21N3O3. The number of carbonyl (C=O) groups is 2. The SMILES string of the molecule is CN(C(=O)c1ccn(C)n1)C1(CC(=O)O)CCCCC1. The Hall–Kier alpha value is -1.85. The first-order chi connectivity index (χ1) is 9.44.